The van der Waals surface area contributed by atoms with Crippen molar-refractivity contribution in [2.45, 2.75) is 4.45 Å². The second-order valence-electron chi connectivity index (χ2n) is 2.49. The van der Waals surface area contributed by atoms with Crippen LogP contribution in [0.3, 0.4) is 0 Å². The van der Waals surface area contributed by atoms with E-state index in [1.807, 2.05) is 0 Å². The number of halogens is 2. The molecule has 2 atom stereocenters. The molecule has 6 heteroatoms. The Bertz CT molecular complexity index is 315. The van der Waals surface area contributed by atoms with E-state index >= 15 is 0 Å². The minimum Gasteiger partial charge on any atom is -0.302 e. The predicted octanol–water partition coefficient (Wildman–Crippen LogP) is 1.86. The number of allylic oxidation sites excluding steroid dienone is 2. The van der Waals surface area contributed by atoms with Crippen LogP contribution in [0.1, 0.15) is 0 Å². The Morgan fingerprint density at radius 1 is 1.77 bits per heavy atom. The highest BCUT2D eigenvalue weighted by Crippen LogP contribution is 2.40. The second-order valence-corrected chi connectivity index (χ2v) is 4.11. The minimum atomic E-state index is -1.69. The first-order valence-corrected chi connectivity index (χ1v) is 4.53. The maximum Gasteiger partial charge on any atom is 0.322 e. The molecule has 13 heavy (non-hydrogen) atoms. The van der Waals surface area contributed by atoms with Crippen molar-refractivity contribution in [3.8, 4) is 0 Å². The lowest BCUT2D eigenvalue weighted by Gasteiger charge is -2.23. The van der Waals surface area contributed by atoms with Gasteiger partial charge in [-0.1, -0.05) is 23.8 Å². The van der Waals surface area contributed by atoms with Gasteiger partial charge in [0.2, 0.25) is 0 Å². The molecule has 0 heterocycles. The summed E-state index contributed by atoms with van der Waals surface area (Å²) in [5.41, 5.74) is 0. The highest BCUT2D eigenvalue weighted by atomic mass is 79.9. The van der Waals surface area contributed by atoms with Crippen molar-refractivity contribution < 1.29 is 9.72 Å². The van der Waals surface area contributed by atoms with Crippen LogP contribution >= 0.6 is 27.5 Å². The van der Waals surface area contributed by atoms with Crippen LogP contribution < -0.4 is 0 Å². The SMILES string of the molecule is O=CC1C=CC=C(Cl)C1(Br)[N+](=O)[O-]. The molecule has 0 radical (unpaired) electrons. The number of nitrogens with zero attached hydrogens (tertiary/aromatic N) is 1. The third kappa shape index (κ3) is 1.53. The number of nitro groups is 1. The average Bonchev–Trinajstić information content (AvgIpc) is 2.09. The molecule has 0 spiro atoms. The summed E-state index contributed by atoms with van der Waals surface area (Å²) >= 11 is 8.53. The fourth-order valence-electron chi connectivity index (χ4n) is 1.01. The van der Waals surface area contributed by atoms with Crippen LogP contribution in [0.2, 0.25) is 0 Å². The van der Waals surface area contributed by atoms with Gasteiger partial charge < -0.3 is 4.79 Å². The molecule has 4 nitrogen and oxygen atoms in total. The van der Waals surface area contributed by atoms with Crippen LogP contribution in [0.4, 0.5) is 0 Å². The molecule has 0 amide bonds. The maximum atomic E-state index is 10.7. The predicted molar refractivity (Wildman–Crippen MR) is 51.3 cm³/mol. The Hall–Kier alpha value is -0.680. The van der Waals surface area contributed by atoms with E-state index in [0.29, 0.717) is 6.29 Å². The summed E-state index contributed by atoms with van der Waals surface area (Å²) in [6, 6.07) is 0. The lowest BCUT2D eigenvalue weighted by atomic mass is 9.97. The zero-order valence-electron chi connectivity index (χ0n) is 6.31. The molecule has 0 saturated carbocycles. The van der Waals surface area contributed by atoms with Gasteiger partial charge in [0.15, 0.2) is 0 Å². The van der Waals surface area contributed by atoms with Crippen molar-refractivity contribution in [1.29, 1.82) is 0 Å². The average molecular weight is 266 g/mol. The van der Waals surface area contributed by atoms with Crippen molar-refractivity contribution in [2.24, 2.45) is 5.92 Å². The summed E-state index contributed by atoms with van der Waals surface area (Å²) < 4.78 is -1.69. The van der Waals surface area contributed by atoms with E-state index in [4.69, 9.17) is 11.6 Å². The quantitative estimate of drug-likeness (QED) is 0.252. The lowest BCUT2D eigenvalue weighted by molar-refractivity contribution is -0.527. The molecule has 1 aliphatic carbocycles. The van der Waals surface area contributed by atoms with Gasteiger partial charge in [0.1, 0.15) is 17.2 Å². The molecule has 0 bridgehead atoms. The van der Waals surface area contributed by atoms with Crippen LogP contribution in [-0.4, -0.2) is 15.7 Å². The minimum absolute atomic E-state index is 0.00269. The second kappa shape index (κ2) is 3.59. The Labute approximate surface area is 87.5 Å². The molecule has 0 saturated heterocycles. The summed E-state index contributed by atoms with van der Waals surface area (Å²) in [6.07, 6.45) is 4.82. The normalized spacial score (nSPS) is 32.5. The molecule has 1 rings (SSSR count). The molecule has 0 fully saturated rings. The van der Waals surface area contributed by atoms with Gasteiger partial charge in [-0.2, -0.15) is 0 Å². The molecule has 0 aromatic carbocycles. The number of alkyl halides is 1. The highest BCUT2D eigenvalue weighted by Gasteiger charge is 2.51. The molecular formula is C7H5BrClNO3. The van der Waals surface area contributed by atoms with Crippen molar-refractivity contribution >= 4 is 33.8 Å². The molecular weight excluding hydrogens is 261 g/mol. The van der Waals surface area contributed by atoms with E-state index < -0.39 is 15.3 Å². The molecule has 0 aliphatic heterocycles. The first-order chi connectivity index (χ1) is 6.03. The Morgan fingerprint density at radius 2 is 2.38 bits per heavy atom. The Morgan fingerprint density at radius 3 is 2.77 bits per heavy atom. The summed E-state index contributed by atoms with van der Waals surface area (Å²) in [7, 11) is 0. The molecule has 70 valence electrons. The number of hydrogen-bond donors (Lipinski definition) is 0. The first-order valence-electron chi connectivity index (χ1n) is 3.36. The zero-order valence-corrected chi connectivity index (χ0v) is 8.66. The molecule has 0 N–H and O–H groups in total. The van der Waals surface area contributed by atoms with Crippen LogP contribution in [0.25, 0.3) is 0 Å². The van der Waals surface area contributed by atoms with Gasteiger partial charge in [0.05, 0.1) is 0 Å². The monoisotopic (exact) mass is 265 g/mol. The summed E-state index contributed by atoms with van der Waals surface area (Å²) in [6.45, 7) is 0. The third-order valence-corrected chi connectivity index (χ3v) is 3.64. The van der Waals surface area contributed by atoms with Crippen LogP contribution in [0, 0.1) is 16.0 Å². The Balaban J connectivity index is 3.17. The summed E-state index contributed by atoms with van der Waals surface area (Å²) in [5.74, 6) is -0.875. The fraction of sp³-hybridized carbons (Fsp3) is 0.286. The first kappa shape index (κ1) is 10.4. The smallest absolute Gasteiger partial charge is 0.302 e. The summed E-state index contributed by atoms with van der Waals surface area (Å²) in [4.78, 5) is 20.6. The van der Waals surface area contributed by atoms with E-state index in [1.54, 1.807) is 0 Å². The van der Waals surface area contributed by atoms with Gasteiger partial charge in [-0.25, -0.2) is 0 Å². The van der Waals surface area contributed by atoms with Gasteiger partial charge >= 0.3 is 4.45 Å². The summed E-state index contributed by atoms with van der Waals surface area (Å²) in [5, 5.41) is 10.7. The van der Waals surface area contributed by atoms with Gasteiger partial charge in [0.25, 0.3) is 0 Å². The van der Waals surface area contributed by atoms with E-state index in [-0.39, 0.29) is 5.03 Å². The van der Waals surface area contributed by atoms with Crippen LogP contribution in [-0.2, 0) is 4.79 Å². The van der Waals surface area contributed by atoms with Crippen molar-refractivity contribution in [3.63, 3.8) is 0 Å². The van der Waals surface area contributed by atoms with Gasteiger partial charge in [-0.05, 0) is 6.08 Å². The fourth-order valence-corrected chi connectivity index (χ4v) is 1.67. The molecule has 1 aliphatic rings. The third-order valence-electron chi connectivity index (χ3n) is 1.75. The van der Waals surface area contributed by atoms with E-state index in [0.717, 1.165) is 0 Å². The van der Waals surface area contributed by atoms with Crippen LogP contribution in [0.15, 0.2) is 23.3 Å². The van der Waals surface area contributed by atoms with Gasteiger partial charge in [0, 0.05) is 20.9 Å². The number of aldehydes is 1. The number of carbonyl (C=O) groups excluding carboxylic acids is 1. The zero-order chi connectivity index (χ0) is 10.1. The maximum absolute atomic E-state index is 10.7. The number of hydrogen-bond acceptors (Lipinski definition) is 3. The van der Waals surface area contributed by atoms with E-state index in [1.165, 1.54) is 18.2 Å². The van der Waals surface area contributed by atoms with E-state index in [2.05, 4.69) is 15.9 Å². The number of rotatable bonds is 2. The van der Waals surface area contributed by atoms with Crippen molar-refractivity contribution in [1.82, 2.24) is 0 Å². The van der Waals surface area contributed by atoms with Gasteiger partial charge in [-0.3, -0.25) is 10.1 Å². The molecule has 0 aromatic heterocycles. The van der Waals surface area contributed by atoms with E-state index in [9.17, 15) is 14.9 Å². The van der Waals surface area contributed by atoms with Gasteiger partial charge in [-0.15, -0.1) is 0 Å². The molecule has 2 unspecified atom stereocenters. The van der Waals surface area contributed by atoms with Crippen molar-refractivity contribution in [2.75, 3.05) is 0 Å². The van der Waals surface area contributed by atoms with Crippen molar-refractivity contribution in [3.05, 3.63) is 33.4 Å². The molecule has 0 aromatic rings. The van der Waals surface area contributed by atoms with Crippen LogP contribution in [0.5, 0.6) is 0 Å². The standard InChI is InChI=1S/C7H5BrClNO3/c8-7(10(12)13)5(4-11)2-1-3-6(7)9/h1-5H. The number of carbonyl (C=O) groups is 1. The Kier molecular flexibility index (Phi) is 2.87. The lowest BCUT2D eigenvalue weighted by Crippen LogP contribution is -2.41. The topological polar surface area (TPSA) is 60.2 Å². The highest BCUT2D eigenvalue weighted by molar-refractivity contribution is 9.10. The largest absolute Gasteiger partial charge is 0.322 e.